The number of primary amides is 1. The lowest BCUT2D eigenvalue weighted by Gasteiger charge is -2.21. The molecule has 1 aliphatic rings. The fourth-order valence-corrected chi connectivity index (χ4v) is 2.77. The molecule has 0 aliphatic heterocycles. The standard InChI is InChI=1S/C14H17N3O/c1-16-8-5-6-12-11(7-8)9-3-2-4-10(14(15)18)13(9)17-12/h2-4,8,16-17H,5-7H2,1H3,(H2,15,18)/i1D3. The number of benzene rings is 1. The van der Waals surface area contributed by atoms with Gasteiger partial charge in [0.15, 0.2) is 0 Å². The van der Waals surface area contributed by atoms with E-state index in [4.69, 9.17) is 9.85 Å². The van der Waals surface area contributed by atoms with Gasteiger partial charge in [-0.15, -0.1) is 0 Å². The van der Waals surface area contributed by atoms with Crippen LogP contribution in [0, 0.1) is 0 Å². The number of hydrogen-bond donors (Lipinski definition) is 3. The molecule has 4 N–H and O–H groups in total. The van der Waals surface area contributed by atoms with Crippen molar-refractivity contribution >= 4 is 16.8 Å². The third-order valence-corrected chi connectivity index (χ3v) is 3.69. The van der Waals surface area contributed by atoms with Gasteiger partial charge in [-0.1, -0.05) is 12.1 Å². The molecule has 0 saturated carbocycles. The van der Waals surface area contributed by atoms with Gasteiger partial charge in [-0.2, -0.15) is 0 Å². The second-order valence-electron chi connectivity index (χ2n) is 4.76. The molecule has 4 nitrogen and oxygen atoms in total. The van der Waals surface area contributed by atoms with Crippen molar-refractivity contribution in [2.75, 3.05) is 6.98 Å². The van der Waals surface area contributed by atoms with E-state index in [1.54, 1.807) is 12.1 Å². The van der Waals surface area contributed by atoms with Gasteiger partial charge in [0, 0.05) is 21.2 Å². The zero-order valence-corrected chi connectivity index (χ0v) is 9.92. The highest BCUT2D eigenvalue weighted by atomic mass is 16.1. The number of rotatable bonds is 2. The van der Waals surface area contributed by atoms with Crippen LogP contribution in [-0.2, 0) is 12.8 Å². The molecule has 4 heteroatoms. The van der Waals surface area contributed by atoms with Crippen LogP contribution in [0.25, 0.3) is 10.9 Å². The van der Waals surface area contributed by atoms with Crippen molar-refractivity contribution < 1.29 is 8.91 Å². The minimum atomic E-state index is -2.13. The van der Waals surface area contributed by atoms with E-state index in [9.17, 15) is 4.79 Å². The Kier molecular flexibility index (Phi) is 1.91. The summed E-state index contributed by atoms with van der Waals surface area (Å²) in [6.45, 7) is -2.13. The average Bonchev–Trinajstić information content (AvgIpc) is 2.74. The zero-order chi connectivity index (χ0) is 15.2. The lowest BCUT2D eigenvalue weighted by molar-refractivity contribution is 0.100. The lowest BCUT2D eigenvalue weighted by Crippen LogP contribution is -2.31. The number of carbonyl (C=O) groups excluding carboxylic acids is 1. The summed E-state index contributed by atoms with van der Waals surface area (Å²) in [6, 6.07) is 5.36. The Bertz CT molecular complexity index is 705. The largest absolute Gasteiger partial charge is 0.366 e. The highest BCUT2D eigenvalue weighted by Crippen LogP contribution is 2.30. The number of nitrogens with two attached hydrogens (primary N) is 1. The van der Waals surface area contributed by atoms with E-state index < -0.39 is 12.9 Å². The maximum Gasteiger partial charge on any atom is 0.250 e. The topological polar surface area (TPSA) is 70.9 Å². The van der Waals surface area contributed by atoms with Gasteiger partial charge >= 0.3 is 0 Å². The van der Waals surface area contributed by atoms with Crippen molar-refractivity contribution in [2.24, 2.45) is 5.73 Å². The SMILES string of the molecule is [2H]C([2H])([2H])NC1CCc2[nH]c3c(C(N)=O)cccc3c2C1. The van der Waals surface area contributed by atoms with Crippen LogP contribution >= 0.6 is 0 Å². The maximum atomic E-state index is 11.5. The first-order chi connectivity index (χ1) is 9.85. The molecule has 0 bridgehead atoms. The molecule has 1 amide bonds. The highest BCUT2D eigenvalue weighted by Gasteiger charge is 2.22. The first kappa shape index (κ1) is 8.32. The summed E-state index contributed by atoms with van der Waals surface area (Å²) in [5.74, 6) is -0.462. The number of aromatic amines is 1. The van der Waals surface area contributed by atoms with Gasteiger partial charge in [0.2, 0.25) is 0 Å². The number of hydrogen-bond acceptors (Lipinski definition) is 2. The monoisotopic (exact) mass is 246 g/mol. The first-order valence-electron chi connectivity index (χ1n) is 7.55. The highest BCUT2D eigenvalue weighted by molar-refractivity contribution is 6.06. The van der Waals surface area contributed by atoms with Crippen LogP contribution in [0.15, 0.2) is 18.2 Å². The molecule has 0 radical (unpaired) electrons. The van der Waals surface area contributed by atoms with Crippen LogP contribution in [0.1, 0.15) is 32.1 Å². The average molecular weight is 246 g/mol. The normalized spacial score (nSPS) is 22.0. The molecule has 0 fully saturated rings. The molecule has 3 rings (SSSR count). The Morgan fingerprint density at radius 1 is 1.61 bits per heavy atom. The van der Waals surface area contributed by atoms with Gasteiger partial charge in [0.05, 0.1) is 11.1 Å². The van der Waals surface area contributed by atoms with E-state index in [1.807, 2.05) is 6.07 Å². The number of fused-ring (bicyclic) bond motifs is 3. The zero-order valence-electron chi connectivity index (χ0n) is 12.9. The smallest absolute Gasteiger partial charge is 0.250 e. The molecule has 2 aromatic rings. The molecule has 18 heavy (non-hydrogen) atoms. The Labute approximate surface area is 110 Å². The van der Waals surface area contributed by atoms with Gasteiger partial charge in [-0.3, -0.25) is 4.79 Å². The molecule has 0 saturated heterocycles. The molecule has 1 heterocycles. The Hall–Kier alpha value is -1.81. The fraction of sp³-hybridized carbons (Fsp3) is 0.357. The fourth-order valence-electron chi connectivity index (χ4n) is 2.77. The van der Waals surface area contributed by atoms with Crippen molar-refractivity contribution in [2.45, 2.75) is 25.3 Å². The van der Waals surface area contributed by atoms with Gasteiger partial charge in [0.1, 0.15) is 0 Å². The van der Waals surface area contributed by atoms with Gasteiger partial charge < -0.3 is 16.0 Å². The third-order valence-electron chi connectivity index (χ3n) is 3.69. The summed E-state index contributed by atoms with van der Waals surface area (Å²) >= 11 is 0. The van der Waals surface area contributed by atoms with E-state index in [0.29, 0.717) is 12.0 Å². The van der Waals surface area contributed by atoms with Crippen LogP contribution in [0.2, 0.25) is 0 Å². The predicted octanol–water partition coefficient (Wildman–Crippen LogP) is 1.34. The molecule has 0 spiro atoms. The predicted molar refractivity (Wildman–Crippen MR) is 71.7 cm³/mol. The molecule has 1 aromatic heterocycles. The van der Waals surface area contributed by atoms with E-state index >= 15 is 0 Å². The molecule has 1 unspecified atom stereocenters. The second-order valence-corrected chi connectivity index (χ2v) is 4.76. The van der Waals surface area contributed by atoms with Crippen LogP contribution in [0.4, 0.5) is 0 Å². The van der Waals surface area contributed by atoms with E-state index in [0.717, 1.165) is 35.0 Å². The summed E-state index contributed by atoms with van der Waals surface area (Å²) in [7, 11) is 0. The molecule has 1 aromatic carbocycles. The van der Waals surface area contributed by atoms with Crippen LogP contribution in [0.5, 0.6) is 0 Å². The summed E-state index contributed by atoms with van der Waals surface area (Å²) in [5.41, 5.74) is 8.79. The van der Waals surface area contributed by atoms with E-state index in [2.05, 4.69) is 10.3 Å². The van der Waals surface area contributed by atoms with Gasteiger partial charge in [-0.25, -0.2) is 0 Å². The number of aromatic nitrogens is 1. The van der Waals surface area contributed by atoms with Crippen LogP contribution in [-0.4, -0.2) is 23.9 Å². The number of likely N-dealkylation sites (N-methyl/N-ethyl adjacent to an activating group) is 1. The lowest BCUT2D eigenvalue weighted by atomic mass is 9.91. The van der Waals surface area contributed by atoms with Gasteiger partial charge in [0.25, 0.3) is 5.91 Å². The summed E-state index contributed by atoms with van der Waals surface area (Å²) in [5, 5.41) is 3.64. The number of carbonyl (C=O) groups is 1. The molecule has 1 atom stereocenters. The summed E-state index contributed by atoms with van der Waals surface area (Å²) in [4.78, 5) is 14.8. The van der Waals surface area contributed by atoms with Crippen molar-refractivity contribution in [3.05, 3.63) is 35.0 Å². The number of para-hydroxylation sites is 1. The first-order valence-corrected chi connectivity index (χ1v) is 6.05. The van der Waals surface area contributed by atoms with Crippen molar-refractivity contribution in [3.8, 4) is 0 Å². The number of nitrogens with one attached hydrogen (secondary N) is 2. The molecule has 1 aliphatic carbocycles. The summed E-state index contributed by atoms with van der Waals surface area (Å²) < 4.78 is 22.0. The third kappa shape index (κ3) is 1.61. The maximum absolute atomic E-state index is 11.5. The number of amides is 1. The van der Waals surface area contributed by atoms with Crippen LogP contribution in [0.3, 0.4) is 0 Å². The summed E-state index contributed by atoms with van der Waals surface area (Å²) in [6.07, 6.45) is 2.15. The van der Waals surface area contributed by atoms with Crippen LogP contribution < -0.4 is 11.1 Å². The Balaban J connectivity index is 2.00. The number of H-pyrrole nitrogens is 1. The van der Waals surface area contributed by atoms with E-state index in [-0.39, 0.29) is 6.04 Å². The molecule has 94 valence electrons. The quantitative estimate of drug-likeness (QED) is 0.748. The van der Waals surface area contributed by atoms with Crippen molar-refractivity contribution in [1.82, 2.24) is 10.3 Å². The molecular weight excluding hydrogens is 226 g/mol. The van der Waals surface area contributed by atoms with Crippen molar-refractivity contribution in [3.63, 3.8) is 0 Å². The Morgan fingerprint density at radius 2 is 2.50 bits per heavy atom. The second kappa shape index (κ2) is 4.14. The van der Waals surface area contributed by atoms with Crippen molar-refractivity contribution in [1.29, 1.82) is 0 Å². The minimum Gasteiger partial charge on any atom is -0.366 e. The number of aryl methyl sites for hydroxylation is 1. The van der Waals surface area contributed by atoms with Gasteiger partial charge in [-0.05, 0) is 37.9 Å². The molecular formula is C14H17N3O. The minimum absolute atomic E-state index is 0.0822. The Morgan fingerprint density at radius 3 is 3.28 bits per heavy atom. The van der Waals surface area contributed by atoms with E-state index in [1.165, 1.54) is 0 Å².